The molecule has 0 aliphatic carbocycles. The lowest BCUT2D eigenvalue weighted by Crippen LogP contribution is -1.92. The van der Waals surface area contributed by atoms with E-state index in [4.69, 9.17) is 11.6 Å². The van der Waals surface area contributed by atoms with Crippen LogP contribution in [-0.2, 0) is 0 Å². The zero-order valence-corrected chi connectivity index (χ0v) is 13.2. The molecule has 8 heteroatoms. The summed E-state index contributed by atoms with van der Waals surface area (Å²) in [6.07, 6.45) is 1.53. The highest BCUT2D eigenvalue weighted by molar-refractivity contribution is 6.31. The maximum atomic E-state index is 13.7. The molecule has 0 aliphatic heterocycles. The zero-order valence-electron chi connectivity index (χ0n) is 12.4. The maximum absolute atomic E-state index is 13.7. The molecule has 0 N–H and O–H groups in total. The van der Waals surface area contributed by atoms with Crippen molar-refractivity contribution in [2.75, 3.05) is 0 Å². The minimum absolute atomic E-state index is 0.00364. The molecule has 3 aromatic rings. The molecule has 0 aliphatic rings. The number of nitro benzene ring substituents is 1. The van der Waals surface area contributed by atoms with E-state index >= 15 is 0 Å². The van der Waals surface area contributed by atoms with Gasteiger partial charge in [-0.05, 0) is 36.8 Å². The highest BCUT2D eigenvalue weighted by Crippen LogP contribution is 2.30. The molecule has 6 nitrogen and oxygen atoms in total. The first-order valence-corrected chi connectivity index (χ1v) is 7.24. The number of rotatable bonds is 3. The van der Waals surface area contributed by atoms with E-state index in [0.717, 1.165) is 0 Å². The van der Waals surface area contributed by atoms with Crippen LogP contribution in [0.25, 0.3) is 10.9 Å². The SMILES string of the molecule is Cc1nnc2cc(Cl)c(F)cc2c1N=Cc1ccc([N+](=O)[O-])cc1. The van der Waals surface area contributed by atoms with E-state index in [1.165, 1.54) is 30.5 Å². The van der Waals surface area contributed by atoms with Crippen LogP contribution in [0.3, 0.4) is 0 Å². The van der Waals surface area contributed by atoms with E-state index < -0.39 is 10.7 Å². The number of aryl methyl sites for hydroxylation is 1. The second-order valence-corrected chi connectivity index (χ2v) is 5.43. The number of hydrogen-bond acceptors (Lipinski definition) is 5. The van der Waals surface area contributed by atoms with Crippen molar-refractivity contribution < 1.29 is 9.31 Å². The lowest BCUT2D eigenvalue weighted by molar-refractivity contribution is -0.384. The molecule has 3 rings (SSSR count). The topological polar surface area (TPSA) is 81.3 Å². The van der Waals surface area contributed by atoms with Crippen LogP contribution < -0.4 is 0 Å². The molecule has 0 bridgehead atoms. The van der Waals surface area contributed by atoms with Gasteiger partial charge in [0.2, 0.25) is 0 Å². The molecule has 120 valence electrons. The molecular formula is C16H10ClFN4O2. The minimum Gasteiger partial charge on any atom is -0.258 e. The van der Waals surface area contributed by atoms with Crippen LogP contribution in [-0.4, -0.2) is 21.3 Å². The lowest BCUT2D eigenvalue weighted by Gasteiger charge is -2.05. The van der Waals surface area contributed by atoms with Gasteiger partial charge in [0.05, 0.1) is 26.8 Å². The van der Waals surface area contributed by atoms with Gasteiger partial charge in [-0.1, -0.05) is 11.6 Å². The van der Waals surface area contributed by atoms with E-state index in [1.807, 2.05) is 0 Å². The Kier molecular flexibility index (Phi) is 4.18. The van der Waals surface area contributed by atoms with Gasteiger partial charge in [0.15, 0.2) is 0 Å². The van der Waals surface area contributed by atoms with Crippen molar-refractivity contribution in [2.45, 2.75) is 6.92 Å². The second kappa shape index (κ2) is 6.29. The highest BCUT2D eigenvalue weighted by Gasteiger charge is 2.10. The summed E-state index contributed by atoms with van der Waals surface area (Å²) in [5, 5.41) is 19.1. The van der Waals surface area contributed by atoms with Gasteiger partial charge < -0.3 is 0 Å². The molecule has 0 fully saturated rings. The Morgan fingerprint density at radius 3 is 2.62 bits per heavy atom. The Morgan fingerprint density at radius 1 is 1.25 bits per heavy atom. The van der Waals surface area contributed by atoms with Gasteiger partial charge in [-0.2, -0.15) is 10.2 Å². The van der Waals surface area contributed by atoms with E-state index in [0.29, 0.717) is 27.8 Å². The monoisotopic (exact) mass is 344 g/mol. The van der Waals surface area contributed by atoms with Crippen molar-refractivity contribution in [3.63, 3.8) is 0 Å². The van der Waals surface area contributed by atoms with Crippen LogP contribution >= 0.6 is 11.6 Å². The van der Waals surface area contributed by atoms with Gasteiger partial charge in [0.25, 0.3) is 5.69 Å². The Balaban J connectivity index is 2.04. The van der Waals surface area contributed by atoms with E-state index in [-0.39, 0.29) is 10.7 Å². The highest BCUT2D eigenvalue weighted by atomic mass is 35.5. The average molecular weight is 345 g/mol. The molecule has 2 aromatic carbocycles. The van der Waals surface area contributed by atoms with E-state index in [1.54, 1.807) is 19.1 Å². The summed E-state index contributed by atoms with van der Waals surface area (Å²) in [5.74, 6) is -0.566. The van der Waals surface area contributed by atoms with Gasteiger partial charge in [0, 0.05) is 23.7 Å². The Bertz CT molecular complexity index is 974. The molecule has 24 heavy (non-hydrogen) atoms. The molecule has 0 spiro atoms. The van der Waals surface area contributed by atoms with E-state index in [9.17, 15) is 14.5 Å². The molecule has 0 unspecified atom stereocenters. The fourth-order valence-electron chi connectivity index (χ4n) is 2.16. The summed E-state index contributed by atoms with van der Waals surface area (Å²) in [6.45, 7) is 1.71. The number of aromatic nitrogens is 2. The van der Waals surface area contributed by atoms with Crippen molar-refractivity contribution in [2.24, 2.45) is 4.99 Å². The van der Waals surface area contributed by atoms with Crippen LogP contribution in [0.2, 0.25) is 5.02 Å². The number of fused-ring (bicyclic) bond motifs is 1. The van der Waals surface area contributed by atoms with Gasteiger partial charge in [-0.15, -0.1) is 0 Å². The third-order valence-electron chi connectivity index (χ3n) is 3.39. The third-order valence-corrected chi connectivity index (χ3v) is 3.68. The number of benzene rings is 2. The van der Waals surface area contributed by atoms with Gasteiger partial charge in [0.1, 0.15) is 5.82 Å². The van der Waals surface area contributed by atoms with Gasteiger partial charge >= 0.3 is 0 Å². The first kappa shape index (κ1) is 15.9. The summed E-state index contributed by atoms with van der Waals surface area (Å²) in [5.41, 5.74) is 2.09. The molecule has 1 aromatic heterocycles. The van der Waals surface area contributed by atoms with Gasteiger partial charge in [-0.3, -0.25) is 15.1 Å². The van der Waals surface area contributed by atoms with Gasteiger partial charge in [-0.25, -0.2) is 4.39 Å². The van der Waals surface area contributed by atoms with Crippen molar-refractivity contribution in [1.82, 2.24) is 10.2 Å². The van der Waals surface area contributed by atoms with Crippen molar-refractivity contribution in [3.8, 4) is 0 Å². The molecule has 0 radical (unpaired) electrons. The fourth-order valence-corrected chi connectivity index (χ4v) is 2.32. The average Bonchev–Trinajstić information content (AvgIpc) is 2.56. The van der Waals surface area contributed by atoms with E-state index in [2.05, 4.69) is 15.2 Å². The minimum atomic E-state index is -0.566. The quantitative estimate of drug-likeness (QED) is 0.401. The number of nitrogens with zero attached hydrogens (tertiary/aromatic N) is 4. The number of nitro groups is 1. The van der Waals surface area contributed by atoms with Crippen LogP contribution in [0.15, 0.2) is 41.4 Å². The molecule has 0 atom stereocenters. The normalized spacial score (nSPS) is 11.3. The van der Waals surface area contributed by atoms with Crippen molar-refractivity contribution in [3.05, 3.63) is 68.6 Å². The molecule has 0 saturated heterocycles. The Labute approximate surface area is 140 Å². The Hall–Kier alpha value is -2.93. The van der Waals surface area contributed by atoms with Crippen LogP contribution in [0, 0.1) is 22.9 Å². The summed E-state index contributed by atoms with van der Waals surface area (Å²) < 4.78 is 13.7. The predicted molar refractivity (Wildman–Crippen MR) is 89.6 cm³/mol. The largest absolute Gasteiger partial charge is 0.269 e. The summed E-state index contributed by atoms with van der Waals surface area (Å²) in [4.78, 5) is 14.5. The van der Waals surface area contributed by atoms with Crippen molar-refractivity contribution in [1.29, 1.82) is 0 Å². The molecule has 0 saturated carbocycles. The molecular weight excluding hydrogens is 335 g/mol. The molecule has 1 heterocycles. The Morgan fingerprint density at radius 2 is 1.96 bits per heavy atom. The fraction of sp³-hybridized carbons (Fsp3) is 0.0625. The number of hydrogen-bond donors (Lipinski definition) is 0. The smallest absolute Gasteiger partial charge is 0.258 e. The zero-order chi connectivity index (χ0) is 17.3. The van der Waals surface area contributed by atoms with Crippen molar-refractivity contribution >= 4 is 40.1 Å². The first-order chi connectivity index (χ1) is 11.5. The second-order valence-electron chi connectivity index (χ2n) is 5.02. The number of halogens is 2. The lowest BCUT2D eigenvalue weighted by atomic mass is 10.1. The summed E-state index contributed by atoms with van der Waals surface area (Å²) in [6, 6.07) is 8.58. The van der Waals surface area contributed by atoms with Crippen LogP contribution in [0.1, 0.15) is 11.3 Å². The first-order valence-electron chi connectivity index (χ1n) is 6.86. The molecule has 0 amide bonds. The van der Waals surface area contributed by atoms with Crippen LogP contribution in [0.4, 0.5) is 15.8 Å². The number of non-ortho nitro benzene ring substituents is 1. The standard InChI is InChI=1S/C16H10ClFN4O2/c1-9-16(12-6-14(18)13(17)7-15(12)21-20-9)19-8-10-2-4-11(5-3-10)22(23)24/h2-8H,1H3. The third kappa shape index (κ3) is 3.07. The summed E-state index contributed by atoms with van der Waals surface area (Å²) >= 11 is 5.76. The summed E-state index contributed by atoms with van der Waals surface area (Å²) in [7, 11) is 0. The van der Waals surface area contributed by atoms with Crippen LogP contribution in [0.5, 0.6) is 0 Å². The number of aliphatic imine (C=N–C) groups is 1. The predicted octanol–water partition coefficient (Wildman–Crippen LogP) is 4.39. The maximum Gasteiger partial charge on any atom is 0.269 e.